The fourth-order valence-corrected chi connectivity index (χ4v) is 3.56. The van der Waals surface area contributed by atoms with E-state index in [-0.39, 0.29) is 24.8 Å². The van der Waals surface area contributed by atoms with Crippen LogP contribution in [0.15, 0.2) is 52.3 Å². The number of benzene rings is 1. The molecule has 0 bridgehead atoms. The third-order valence-corrected chi connectivity index (χ3v) is 5.22. The van der Waals surface area contributed by atoms with Crippen LogP contribution in [0.25, 0.3) is 5.13 Å². The molecule has 3 heterocycles. The number of thiazole rings is 1. The molecule has 0 fully saturated rings. The van der Waals surface area contributed by atoms with Gasteiger partial charge in [0.1, 0.15) is 23.3 Å². The van der Waals surface area contributed by atoms with Crippen molar-refractivity contribution in [3.8, 4) is 5.13 Å². The Kier molecular flexibility index (Phi) is 5.04. The molecule has 3 aromatic heterocycles. The molecule has 29 heavy (non-hydrogen) atoms. The van der Waals surface area contributed by atoms with Crippen molar-refractivity contribution in [1.29, 1.82) is 0 Å². The van der Waals surface area contributed by atoms with E-state index in [9.17, 15) is 14.0 Å². The Bertz CT molecular complexity index is 1190. The number of amides is 1. The van der Waals surface area contributed by atoms with Crippen LogP contribution in [0.3, 0.4) is 0 Å². The van der Waals surface area contributed by atoms with Crippen LogP contribution in [-0.2, 0) is 13.1 Å². The summed E-state index contributed by atoms with van der Waals surface area (Å²) in [5.41, 5.74) is 0.823. The summed E-state index contributed by atoms with van der Waals surface area (Å²) in [4.78, 5) is 33.7. The van der Waals surface area contributed by atoms with Crippen LogP contribution < -0.4 is 11.0 Å². The molecule has 0 unspecified atom stereocenters. The summed E-state index contributed by atoms with van der Waals surface area (Å²) in [6, 6.07) is 5.82. The number of nitrogens with zero attached hydrogens (tertiary/aromatic N) is 5. The predicted octanol–water partition coefficient (Wildman–Crippen LogP) is 1.90. The molecule has 0 aliphatic carbocycles. The number of oxazole rings is 1. The molecular weight excluding hydrogens is 399 g/mol. The first kappa shape index (κ1) is 18.7. The highest BCUT2D eigenvalue weighted by Crippen LogP contribution is 2.20. The van der Waals surface area contributed by atoms with E-state index >= 15 is 0 Å². The minimum Gasteiger partial charge on any atom is -0.447 e. The lowest BCUT2D eigenvalue weighted by atomic mass is 10.2. The normalized spacial score (nSPS) is 11.0. The first-order valence-electron chi connectivity index (χ1n) is 8.54. The molecule has 0 aliphatic heterocycles. The molecule has 1 N–H and O–H groups in total. The molecule has 0 spiro atoms. The van der Waals surface area contributed by atoms with Crippen molar-refractivity contribution in [2.45, 2.75) is 20.0 Å². The number of hydrogen-bond acceptors (Lipinski definition) is 7. The Morgan fingerprint density at radius 1 is 1.31 bits per heavy atom. The predicted molar refractivity (Wildman–Crippen MR) is 101 cm³/mol. The maximum absolute atomic E-state index is 13.0. The van der Waals surface area contributed by atoms with Gasteiger partial charge in [0.2, 0.25) is 5.89 Å². The van der Waals surface area contributed by atoms with Gasteiger partial charge in [0.05, 0.1) is 25.0 Å². The van der Waals surface area contributed by atoms with Gasteiger partial charge in [0.15, 0.2) is 5.13 Å². The summed E-state index contributed by atoms with van der Waals surface area (Å²) in [6.45, 7) is 2.03. The number of nitrogens with one attached hydrogen (secondary N) is 1. The molecule has 148 valence electrons. The molecule has 9 nitrogen and oxygen atoms in total. The van der Waals surface area contributed by atoms with Crippen molar-refractivity contribution >= 4 is 17.2 Å². The van der Waals surface area contributed by atoms with Gasteiger partial charge >= 0.3 is 5.69 Å². The molecular formula is C18H15FN6O3S. The molecule has 1 amide bonds. The van der Waals surface area contributed by atoms with Gasteiger partial charge < -0.3 is 9.73 Å². The van der Waals surface area contributed by atoms with Crippen LogP contribution in [0.4, 0.5) is 4.39 Å². The summed E-state index contributed by atoms with van der Waals surface area (Å²) < 4.78 is 20.6. The Morgan fingerprint density at radius 3 is 2.83 bits per heavy atom. The molecule has 4 rings (SSSR count). The zero-order valence-electron chi connectivity index (χ0n) is 15.2. The first-order valence-corrected chi connectivity index (χ1v) is 9.36. The third-order valence-electron chi connectivity index (χ3n) is 4.06. The Morgan fingerprint density at radius 2 is 2.10 bits per heavy atom. The highest BCUT2D eigenvalue weighted by Gasteiger charge is 2.18. The second-order valence-corrected chi connectivity index (χ2v) is 7.06. The van der Waals surface area contributed by atoms with E-state index in [2.05, 4.69) is 20.4 Å². The van der Waals surface area contributed by atoms with Crippen molar-refractivity contribution < 1.29 is 13.6 Å². The molecule has 11 heteroatoms. The van der Waals surface area contributed by atoms with Crippen molar-refractivity contribution in [2.24, 2.45) is 0 Å². The van der Waals surface area contributed by atoms with Crippen molar-refractivity contribution in [1.82, 2.24) is 29.6 Å². The van der Waals surface area contributed by atoms with E-state index in [0.717, 1.165) is 16.9 Å². The smallest absolute Gasteiger partial charge is 0.352 e. The molecule has 4 aromatic rings. The third kappa shape index (κ3) is 3.99. The molecule has 1 aromatic carbocycles. The van der Waals surface area contributed by atoms with Gasteiger partial charge in [-0.1, -0.05) is 23.5 Å². The quantitative estimate of drug-likeness (QED) is 0.516. The molecule has 0 aliphatic rings. The van der Waals surface area contributed by atoms with E-state index in [1.54, 1.807) is 19.1 Å². The van der Waals surface area contributed by atoms with E-state index in [4.69, 9.17) is 4.42 Å². The van der Waals surface area contributed by atoms with Gasteiger partial charge in [-0.3, -0.25) is 4.79 Å². The number of halogens is 1. The second-order valence-electron chi connectivity index (χ2n) is 6.09. The second kappa shape index (κ2) is 7.80. The van der Waals surface area contributed by atoms with Gasteiger partial charge in [0.25, 0.3) is 5.91 Å². The number of carbonyl (C=O) groups is 1. The summed E-state index contributed by atoms with van der Waals surface area (Å²) in [6.07, 6.45) is 4.26. The van der Waals surface area contributed by atoms with Crippen LogP contribution in [0.1, 0.15) is 26.8 Å². The highest BCUT2D eigenvalue weighted by atomic mass is 32.1. The van der Waals surface area contributed by atoms with Crippen LogP contribution in [0, 0.1) is 12.7 Å². The fraction of sp³-hybridized carbons (Fsp3) is 0.167. The Hall–Kier alpha value is -3.60. The minimum atomic E-state index is -0.408. The van der Waals surface area contributed by atoms with E-state index in [1.807, 2.05) is 0 Å². The van der Waals surface area contributed by atoms with Crippen molar-refractivity contribution in [2.75, 3.05) is 0 Å². The monoisotopic (exact) mass is 414 g/mol. The minimum absolute atomic E-state index is 0.147. The van der Waals surface area contributed by atoms with Gasteiger partial charge in [-0.05, 0) is 24.6 Å². The van der Waals surface area contributed by atoms with Gasteiger partial charge in [-0.15, -0.1) is 0 Å². The maximum Gasteiger partial charge on any atom is 0.352 e. The van der Waals surface area contributed by atoms with Gasteiger partial charge in [-0.25, -0.2) is 28.4 Å². The highest BCUT2D eigenvalue weighted by molar-refractivity contribution is 7.16. The maximum atomic E-state index is 13.0. The Labute approximate surface area is 167 Å². The van der Waals surface area contributed by atoms with Crippen LogP contribution in [0.5, 0.6) is 0 Å². The summed E-state index contributed by atoms with van der Waals surface area (Å²) in [5.74, 6) is -0.297. The van der Waals surface area contributed by atoms with Crippen molar-refractivity contribution in [3.05, 3.63) is 81.4 Å². The van der Waals surface area contributed by atoms with Crippen LogP contribution >= 0.6 is 11.3 Å². The number of carbonyl (C=O) groups excluding carboxylic acids is 1. The van der Waals surface area contributed by atoms with E-state index in [1.165, 1.54) is 40.2 Å². The number of aromatic nitrogens is 5. The summed E-state index contributed by atoms with van der Waals surface area (Å²) in [5, 5.41) is 7.12. The number of rotatable bonds is 6. The molecule has 0 atom stereocenters. The standard InChI is InChI=1S/C18H15FN6O3S/c1-11-15(16(26)21-8-14-20-6-7-28-14)29-17(23-11)24-10-22-25(18(24)27)9-12-2-4-13(19)5-3-12/h2-7,10H,8-9H2,1H3,(H,21,26). The largest absolute Gasteiger partial charge is 0.447 e. The lowest BCUT2D eigenvalue weighted by Gasteiger charge is -2.00. The SMILES string of the molecule is Cc1nc(-n2cnn(Cc3ccc(F)cc3)c2=O)sc1C(=O)NCc1ncco1. The van der Waals surface area contributed by atoms with Crippen molar-refractivity contribution in [3.63, 3.8) is 0 Å². The first-order chi connectivity index (χ1) is 14.0. The topological polar surface area (TPSA) is 108 Å². The summed E-state index contributed by atoms with van der Waals surface area (Å²) >= 11 is 1.08. The van der Waals surface area contributed by atoms with E-state index in [0.29, 0.717) is 21.6 Å². The number of aryl methyl sites for hydroxylation is 1. The zero-order valence-corrected chi connectivity index (χ0v) is 16.0. The van der Waals surface area contributed by atoms with E-state index < -0.39 is 5.69 Å². The molecule has 0 radical (unpaired) electrons. The summed E-state index contributed by atoms with van der Waals surface area (Å²) in [7, 11) is 0. The average Bonchev–Trinajstić information content (AvgIpc) is 3.43. The lowest BCUT2D eigenvalue weighted by Crippen LogP contribution is -2.24. The average molecular weight is 414 g/mol. The molecule has 0 saturated heterocycles. The van der Waals surface area contributed by atoms with Crippen LogP contribution in [-0.4, -0.2) is 30.2 Å². The van der Waals surface area contributed by atoms with Crippen LogP contribution in [0.2, 0.25) is 0 Å². The lowest BCUT2D eigenvalue weighted by molar-refractivity contribution is 0.0950. The molecule has 0 saturated carbocycles. The van der Waals surface area contributed by atoms with Gasteiger partial charge in [-0.2, -0.15) is 5.10 Å². The fourth-order valence-electron chi connectivity index (χ4n) is 2.61. The number of hydrogen-bond donors (Lipinski definition) is 1. The Balaban J connectivity index is 1.52. The zero-order chi connectivity index (χ0) is 20.4. The van der Waals surface area contributed by atoms with Gasteiger partial charge in [0, 0.05) is 0 Å².